The predicted molar refractivity (Wildman–Crippen MR) is 82.0 cm³/mol. The maximum Gasteiger partial charge on any atom is 0.217 e. The molecule has 1 aromatic heterocycles. The Kier molecular flexibility index (Phi) is 4.74. The number of methoxy groups -OCH3 is 1. The lowest BCUT2D eigenvalue weighted by molar-refractivity contribution is 0.389. The molecule has 0 radical (unpaired) electrons. The molecule has 106 valence electrons. The first-order valence-corrected chi connectivity index (χ1v) is 6.90. The molecule has 0 saturated heterocycles. The standard InChI is InChI=1S/C17H22N2O/c1-12-7-8-16(13(2)10-12)14(3)19-11-15-6-5-9-18-17(15)20-4/h5-10,14,19H,11H2,1-4H3. The monoisotopic (exact) mass is 270 g/mol. The molecule has 0 saturated carbocycles. The fourth-order valence-corrected chi connectivity index (χ4v) is 2.43. The number of aryl methyl sites for hydroxylation is 2. The lowest BCUT2D eigenvalue weighted by Crippen LogP contribution is -2.19. The highest BCUT2D eigenvalue weighted by Crippen LogP contribution is 2.20. The number of nitrogens with one attached hydrogen (secondary N) is 1. The summed E-state index contributed by atoms with van der Waals surface area (Å²) in [5.74, 6) is 0.688. The highest BCUT2D eigenvalue weighted by molar-refractivity contribution is 5.33. The molecule has 2 rings (SSSR count). The van der Waals surface area contributed by atoms with Gasteiger partial charge in [0.2, 0.25) is 5.88 Å². The molecule has 0 bridgehead atoms. The first-order valence-electron chi connectivity index (χ1n) is 6.90. The minimum absolute atomic E-state index is 0.292. The van der Waals surface area contributed by atoms with E-state index >= 15 is 0 Å². The van der Waals surface area contributed by atoms with E-state index in [4.69, 9.17) is 4.74 Å². The molecule has 0 amide bonds. The van der Waals surface area contributed by atoms with Gasteiger partial charge >= 0.3 is 0 Å². The molecule has 2 aromatic rings. The Balaban J connectivity index is 2.06. The SMILES string of the molecule is COc1ncccc1CNC(C)c1ccc(C)cc1C. The number of rotatable bonds is 5. The van der Waals surface area contributed by atoms with Gasteiger partial charge in [0, 0.05) is 24.3 Å². The van der Waals surface area contributed by atoms with Crippen molar-refractivity contribution in [1.29, 1.82) is 0 Å². The molecule has 0 fully saturated rings. The molecular weight excluding hydrogens is 248 g/mol. The van der Waals surface area contributed by atoms with E-state index in [-0.39, 0.29) is 0 Å². The number of benzene rings is 1. The van der Waals surface area contributed by atoms with Crippen LogP contribution in [0.25, 0.3) is 0 Å². The van der Waals surface area contributed by atoms with Gasteiger partial charge in [-0.3, -0.25) is 0 Å². The van der Waals surface area contributed by atoms with Crippen molar-refractivity contribution in [3.63, 3.8) is 0 Å². The molecule has 0 aliphatic heterocycles. The number of nitrogens with zero attached hydrogens (tertiary/aromatic N) is 1. The van der Waals surface area contributed by atoms with Crippen LogP contribution in [0.5, 0.6) is 5.88 Å². The van der Waals surface area contributed by atoms with E-state index in [0.29, 0.717) is 11.9 Å². The van der Waals surface area contributed by atoms with Crippen LogP contribution in [-0.2, 0) is 6.54 Å². The van der Waals surface area contributed by atoms with Gasteiger partial charge in [-0.2, -0.15) is 0 Å². The minimum atomic E-state index is 0.292. The largest absolute Gasteiger partial charge is 0.481 e. The van der Waals surface area contributed by atoms with Crippen LogP contribution in [0.2, 0.25) is 0 Å². The fraction of sp³-hybridized carbons (Fsp3) is 0.353. The van der Waals surface area contributed by atoms with E-state index in [9.17, 15) is 0 Å². The van der Waals surface area contributed by atoms with Crippen LogP contribution in [0.3, 0.4) is 0 Å². The van der Waals surface area contributed by atoms with Crippen molar-refractivity contribution in [2.45, 2.75) is 33.4 Å². The Hall–Kier alpha value is -1.87. The first kappa shape index (κ1) is 14.5. The van der Waals surface area contributed by atoms with Crippen molar-refractivity contribution in [3.05, 3.63) is 58.8 Å². The topological polar surface area (TPSA) is 34.1 Å². The maximum atomic E-state index is 5.27. The summed E-state index contributed by atoms with van der Waals surface area (Å²) in [5.41, 5.74) is 5.03. The Bertz CT molecular complexity index is 581. The second-order valence-electron chi connectivity index (χ2n) is 5.13. The van der Waals surface area contributed by atoms with Crippen LogP contribution in [0.4, 0.5) is 0 Å². The highest BCUT2D eigenvalue weighted by atomic mass is 16.5. The zero-order valence-electron chi connectivity index (χ0n) is 12.6. The lowest BCUT2D eigenvalue weighted by atomic mass is 10.00. The number of hydrogen-bond acceptors (Lipinski definition) is 3. The van der Waals surface area contributed by atoms with Crippen LogP contribution in [0, 0.1) is 13.8 Å². The lowest BCUT2D eigenvalue weighted by Gasteiger charge is -2.17. The van der Waals surface area contributed by atoms with Crippen LogP contribution < -0.4 is 10.1 Å². The van der Waals surface area contributed by atoms with Gasteiger partial charge in [-0.05, 0) is 38.0 Å². The van der Waals surface area contributed by atoms with Gasteiger partial charge in [0.05, 0.1) is 7.11 Å². The molecule has 0 aliphatic rings. The zero-order chi connectivity index (χ0) is 14.5. The normalized spacial score (nSPS) is 12.2. The number of hydrogen-bond donors (Lipinski definition) is 1. The third kappa shape index (κ3) is 3.36. The summed E-state index contributed by atoms with van der Waals surface area (Å²) in [6, 6.07) is 10.8. The van der Waals surface area contributed by atoms with E-state index in [1.54, 1.807) is 13.3 Å². The molecule has 0 aliphatic carbocycles. The van der Waals surface area contributed by atoms with Crippen molar-refractivity contribution in [3.8, 4) is 5.88 Å². The summed E-state index contributed by atoms with van der Waals surface area (Å²) in [6.45, 7) is 7.20. The van der Waals surface area contributed by atoms with Gasteiger partial charge in [0.15, 0.2) is 0 Å². The first-order chi connectivity index (χ1) is 9.61. The van der Waals surface area contributed by atoms with Gasteiger partial charge < -0.3 is 10.1 Å². The summed E-state index contributed by atoms with van der Waals surface area (Å²) in [7, 11) is 1.65. The summed E-state index contributed by atoms with van der Waals surface area (Å²) in [6.07, 6.45) is 1.75. The van der Waals surface area contributed by atoms with E-state index in [2.05, 4.69) is 49.3 Å². The van der Waals surface area contributed by atoms with Gasteiger partial charge in [0.1, 0.15) is 0 Å². The molecule has 0 spiro atoms. The van der Waals surface area contributed by atoms with Gasteiger partial charge in [-0.1, -0.05) is 29.8 Å². The van der Waals surface area contributed by atoms with E-state index in [0.717, 1.165) is 12.1 Å². The number of pyridine rings is 1. The van der Waals surface area contributed by atoms with Crippen LogP contribution in [-0.4, -0.2) is 12.1 Å². The van der Waals surface area contributed by atoms with E-state index in [1.165, 1.54) is 16.7 Å². The minimum Gasteiger partial charge on any atom is -0.481 e. The molecule has 1 N–H and O–H groups in total. The molecule has 3 nitrogen and oxygen atoms in total. The fourth-order valence-electron chi connectivity index (χ4n) is 2.43. The van der Waals surface area contributed by atoms with Crippen molar-refractivity contribution < 1.29 is 4.74 Å². The Morgan fingerprint density at radius 3 is 2.75 bits per heavy atom. The zero-order valence-corrected chi connectivity index (χ0v) is 12.6. The van der Waals surface area contributed by atoms with Crippen molar-refractivity contribution in [2.24, 2.45) is 0 Å². The number of ether oxygens (including phenoxy) is 1. The third-order valence-electron chi connectivity index (χ3n) is 3.53. The molecular formula is C17H22N2O. The summed E-state index contributed by atoms with van der Waals surface area (Å²) < 4.78 is 5.27. The molecule has 3 heteroatoms. The predicted octanol–water partition coefficient (Wildman–Crippen LogP) is 3.56. The average Bonchev–Trinajstić information content (AvgIpc) is 2.45. The highest BCUT2D eigenvalue weighted by Gasteiger charge is 2.10. The maximum absolute atomic E-state index is 5.27. The van der Waals surface area contributed by atoms with Crippen molar-refractivity contribution >= 4 is 0 Å². The quantitative estimate of drug-likeness (QED) is 0.902. The summed E-state index contributed by atoms with van der Waals surface area (Å²) in [4.78, 5) is 4.21. The molecule has 20 heavy (non-hydrogen) atoms. The summed E-state index contributed by atoms with van der Waals surface area (Å²) in [5, 5.41) is 3.53. The number of aromatic nitrogens is 1. The molecule has 1 aromatic carbocycles. The van der Waals surface area contributed by atoms with Gasteiger partial charge in [-0.15, -0.1) is 0 Å². The van der Waals surface area contributed by atoms with Crippen LogP contribution >= 0.6 is 0 Å². The molecule has 1 atom stereocenters. The average molecular weight is 270 g/mol. The van der Waals surface area contributed by atoms with E-state index in [1.807, 2.05) is 12.1 Å². The third-order valence-corrected chi connectivity index (χ3v) is 3.53. The van der Waals surface area contributed by atoms with E-state index < -0.39 is 0 Å². The van der Waals surface area contributed by atoms with Gasteiger partial charge in [0.25, 0.3) is 0 Å². The van der Waals surface area contributed by atoms with Crippen LogP contribution in [0.15, 0.2) is 36.5 Å². The smallest absolute Gasteiger partial charge is 0.217 e. The van der Waals surface area contributed by atoms with Crippen molar-refractivity contribution in [2.75, 3.05) is 7.11 Å². The Morgan fingerprint density at radius 2 is 2.05 bits per heavy atom. The Morgan fingerprint density at radius 1 is 1.25 bits per heavy atom. The molecule has 1 unspecified atom stereocenters. The summed E-state index contributed by atoms with van der Waals surface area (Å²) >= 11 is 0. The second-order valence-corrected chi connectivity index (χ2v) is 5.13. The van der Waals surface area contributed by atoms with Crippen molar-refractivity contribution in [1.82, 2.24) is 10.3 Å². The second kappa shape index (κ2) is 6.53. The Labute approximate surface area is 121 Å². The molecule has 1 heterocycles. The van der Waals surface area contributed by atoms with Crippen LogP contribution in [0.1, 0.15) is 35.2 Å². The van der Waals surface area contributed by atoms with Gasteiger partial charge in [-0.25, -0.2) is 4.98 Å².